The molecule has 2 aromatic carbocycles. The summed E-state index contributed by atoms with van der Waals surface area (Å²) in [6.07, 6.45) is 4.88. The van der Waals surface area contributed by atoms with Crippen molar-refractivity contribution in [1.29, 1.82) is 0 Å². The molecule has 3 aromatic rings. The van der Waals surface area contributed by atoms with Gasteiger partial charge in [0.05, 0.1) is 6.20 Å². The van der Waals surface area contributed by atoms with Gasteiger partial charge in [-0.15, -0.1) is 0 Å². The van der Waals surface area contributed by atoms with E-state index in [-0.39, 0.29) is 22.8 Å². The number of pyridine rings is 1. The number of benzene rings is 2. The van der Waals surface area contributed by atoms with E-state index in [9.17, 15) is 9.59 Å². The summed E-state index contributed by atoms with van der Waals surface area (Å²) in [5.41, 5.74) is 2.87. The normalized spacial score (nSPS) is 10.6. The molecule has 0 saturated carbocycles. The zero-order valence-corrected chi connectivity index (χ0v) is 16.9. The number of hydrogen-bond acceptors (Lipinski definition) is 3. The van der Waals surface area contributed by atoms with Crippen LogP contribution < -0.4 is 15.5 Å². The molecule has 1 amide bonds. The minimum atomic E-state index is -0.333. The van der Waals surface area contributed by atoms with Crippen LogP contribution in [0.3, 0.4) is 0 Å². The monoisotopic (exact) mass is 390 g/mol. The lowest BCUT2D eigenvalue weighted by Gasteiger charge is -2.12. The summed E-state index contributed by atoms with van der Waals surface area (Å²) in [4.78, 5) is 25.0. The fraction of sp³-hybridized carbons (Fsp3) is 0.250. The van der Waals surface area contributed by atoms with Crippen LogP contribution in [0.4, 0.5) is 5.69 Å². The second-order valence-electron chi connectivity index (χ2n) is 7.03. The SMILES string of the molecule is CCCCc1ccc(NC(=O)c2cc(=O)c(OCc3ccccc3)cn2C)cc1. The summed E-state index contributed by atoms with van der Waals surface area (Å²) < 4.78 is 7.24. The number of hydrogen-bond donors (Lipinski definition) is 1. The van der Waals surface area contributed by atoms with Gasteiger partial charge >= 0.3 is 0 Å². The number of amides is 1. The first-order chi connectivity index (χ1) is 14.1. The van der Waals surface area contributed by atoms with Gasteiger partial charge in [-0.05, 0) is 36.1 Å². The van der Waals surface area contributed by atoms with Crippen LogP contribution in [-0.4, -0.2) is 10.5 Å². The van der Waals surface area contributed by atoms with E-state index >= 15 is 0 Å². The molecular formula is C24H26N2O3. The highest BCUT2D eigenvalue weighted by atomic mass is 16.5. The number of nitrogens with zero attached hydrogens (tertiary/aromatic N) is 1. The molecule has 5 nitrogen and oxygen atoms in total. The zero-order valence-electron chi connectivity index (χ0n) is 16.9. The van der Waals surface area contributed by atoms with E-state index in [1.54, 1.807) is 17.8 Å². The van der Waals surface area contributed by atoms with Gasteiger partial charge in [-0.2, -0.15) is 0 Å². The smallest absolute Gasteiger partial charge is 0.272 e. The average Bonchev–Trinajstić information content (AvgIpc) is 2.74. The third-order valence-corrected chi connectivity index (χ3v) is 4.70. The molecule has 0 unspecified atom stereocenters. The van der Waals surface area contributed by atoms with Gasteiger partial charge in [0.1, 0.15) is 12.3 Å². The maximum atomic E-state index is 12.6. The molecule has 0 fully saturated rings. The first-order valence-electron chi connectivity index (χ1n) is 9.84. The first kappa shape index (κ1) is 20.4. The van der Waals surface area contributed by atoms with Crippen LogP contribution in [0.5, 0.6) is 5.75 Å². The Morgan fingerprint density at radius 1 is 1.03 bits per heavy atom. The van der Waals surface area contributed by atoms with Gasteiger partial charge in [0, 0.05) is 18.8 Å². The number of rotatable bonds is 8. The number of carbonyl (C=O) groups excluding carboxylic acids is 1. The molecule has 0 aliphatic rings. The average molecular weight is 390 g/mol. The van der Waals surface area contributed by atoms with Crippen LogP contribution in [0.15, 0.2) is 71.7 Å². The van der Waals surface area contributed by atoms with Crippen molar-refractivity contribution in [3.8, 4) is 5.75 Å². The number of unbranched alkanes of at least 4 members (excludes halogenated alkanes) is 1. The number of nitrogens with one attached hydrogen (secondary N) is 1. The third-order valence-electron chi connectivity index (χ3n) is 4.70. The molecule has 0 saturated heterocycles. The van der Waals surface area contributed by atoms with Crippen molar-refractivity contribution in [3.05, 3.63) is 93.9 Å². The molecule has 5 heteroatoms. The lowest BCUT2D eigenvalue weighted by molar-refractivity contribution is 0.101. The molecule has 0 radical (unpaired) electrons. The van der Waals surface area contributed by atoms with Crippen molar-refractivity contribution >= 4 is 11.6 Å². The van der Waals surface area contributed by atoms with Crippen molar-refractivity contribution in [2.75, 3.05) is 5.32 Å². The van der Waals surface area contributed by atoms with Crippen molar-refractivity contribution in [1.82, 2.24) is 4.57 Å². The maximum Gasteiger partial charge on any atom is 0.272 e. The minimum absolute atomic E-state index is 0.216. The molecule has 29 heavy (non-hydrogen) atoms. The van der Waals surface area contributed by atoms with E-state index in [0.717, 1.165) is 24.8 Å². The predicted molar refractivity (Wildman–Crippen MR) is 115 cm³/mol. The number of anilines is 1. The van der Waals surface area contributed by atoms with Gasteiger partial charge in [-0.25, -0.2) is 0 Å². The highest BCUT2D eigenvalue weighted by Gasteiger charge is 2.13. The summed E-state index contributed by atoms with van der Waals surface area (Å²) in [6.45, 7) is 2.46. The third kappa shape index (κ3) is 5.57. The van der Waals surface area contributed by atoms with Crippen LogP contribution in [0.25, 0.3) is 0 Å². The molecule has 0 atom stereocenters. The molecule has 0 bridgehead atoms. The fourth-order valence-corrected chi connectivity index (χ4v) is 3.01. The Labute approximate surface area is 171 Å². The predicted octanol–water partition coefficient (Wildman–Crippen LogP) is 4.56. The summed E-state index contributed by atoms with van der Waals surface area (Å²) in [6, 6.07) is 18.7. The summed E-state index contributed by atoms with van der Waals surface area (Å²) in [5, 5.41) is 2.85. The minimum Gasteiger partial charge on any atom is -0.483 e. The van der Waals surface area contributed by atoms with Gasteiger partial charge in [0.25, 0.3) is 5.91 Å². The van der Waals surface area contributed by atoms with Crippen LogP contribution in [-0.2, 0) is 20.1 Å². The molecule has 1 aromatic heterocycles. The Kier molecular flexibility index (Phi) is 6.85. The van der Waals surface area contributed by atoms with Crippen LogP contribution in [0, 0.1) is 0 Å². The van der Waals surface area contributed by atoms with Gasteiger partial charge in [0.15, 0.2) is 5.75 Å². The quantitative estimate of drug-likeness (QED) is 0.613. The molecule has 0 spiro atoms. The number of aromatic nitrogens is 1. The van der Waals surface area contributed by atoms with E-state index in [1.807, 2.05) is 54.6 Å². The van der Waals surface area contributed by atoms with Crippen molar-refractivity contribution in [2.45, 2.75) is 32.8 Å². The van der Waals surface area contributed by atoms with E-state index in [0.29, 0.717) is 12.3 Å². The molecule has 1 heterocycles. The largest absolute Gasteiger partial charge is 0.483 e. The molecule has 3 rings (SSSR count). The number of carbonyl (C=O) groups is 1. The lowest BCUT2D eigenvalue weighted by Crippen LogP contribution is -2.21. The highest BCUT2D eigenvalue weighted by molar-refractivity contribution is 6.03. The fourth-order valence-electron chi connectivity index (χ4n) is 3.01. The Balaban J connectivity index is 1.67. The van der Waals surface area contributed by atoms with E-state index < -0.39 is 0 Å². The Bertz CT molecular complexity index is 1010. The summed E-state index contributed by atoms with van der Waals surface area (Å²) in [5.74, 6) is -0.117. The first-order valence-corrected chi connectivity index (χ1v) is 9.84. The maximum absolute atomic E-state index is 12.6. The van der Waals surface area contributed by atoms with Crippen LogP contribution in [0.1, 0.15) is 41.4 Å². The van der Waals surface area contributed by atoms with E-state index in [4.69, 9.17) is 4.74 Å². The zero-order chi connectivity index (χ0) is 20.6. The van der Waals surface area contributed by atoms with E-state index in [2.05, 4.69) is 12.2 Å². The Hall–Kier alpha value is -3.34. The Morgan fingerprint density at radius 2 is 1.76 bits per heavy atom. The lowest BCUT2D eigenvalue weighted by atomic mass is 10.1. The van der Waals surface area contributed by atoms with Crippen molar-refractivity contribution in [2.24, 2.45) is 7.05 Å². The van der Waals surface area contributed by atoms with Gasteiger partial charge in [0.2, 0.25) is 5.43 Å². The van der Waals surface area contributed by atoms with Crippen LogP contribution in [0.2, 0.25) is 0 Å². The Morgan fingerprint density at radius 3 is 2.45 bits per heavy atom. The molecule has 150 valence electrons. The highest BCUT2D eigenvalue weighted by Crippen LogP contribution is 2.14. The number of ether oxygens (including phenoxy) is 1. The van der Waals surface area contributed by atoms with E-state index in [1.165, 1.54) is 11.6 Å². The topological polar surface area (TPSA) is 60.3 Å². The van der Waals surface area contributed by atoms with Gasteiger partial charge < -0.3 is 14.6 Å². The summed E-state index contributed by atoms with van der Waals surface area (Å²) >= 11 is 0. The second-order valence-corrected chi connectivity index (χ2v) is 7.03. The van der Waals surface area contributed by atoms with Crippen molar-refractivity contribution in [3.63, 3.8) is 0 Å². The molecule has 0 aliphatic heterocycles. The molecular weight excluding hydrogens is 364 g/mol. The molecule has 0 aliphatic carbocycles. The standard InChI is InChI=1S/C24H26N2O3/c1-3-4-8-18-11-13-20(14-12-18)25-24(28)21-15-22(27)23(16-26(21)2)29-17-19-9-6-5-7-10-19/h5-7,9-16H,3-4,8,17H2,1-2H3,(H,25,28). The van der Waals surface area contributed by atoms with Gasteiger partial charge in [-0.1, -0.05) is 55.8 Å². The van der Waals surface area contributed by atoms with Crippen molar-refractivity contribution < 1.29 is 9.53 Å². The summed E-state index contributed by atoms with van der Waals surface area (Å²) in [7, 11) is 1.72. The van der Waals surface area contributed by atoms with Gasteiger partial charge in [-0.3, -0.25) is 9.59 Å². The van der Waals surface area contributed by atoms with Crippen LogP contribution >= 0.6 is 0 Å². The number of aryl methyl sites for hydroxylation is 2. The second kappa shape index (κ2) is 9.73. The molecule has 1 N–H and O–H groups in total.